The molecule has 4 aromatic rings. The number of amides is 1. The van der Waals surface area contributed by atoms with Crippen molar-refractivity contribution >= 4 is 33.4 Å². The fraction of sp³-hybridized carbons (Fsp3) is 0.182. The molecule has 0 aliphatic carbocycles. The van der Waals surface area contributed by atoms with Crippen LogP contribution < -0.4 is 11.0 Å². The van der Waals surface area contributed by atoms with Gasteiger partial charge in [0, 0.05) is 17.3 Å². The van der Waals surface area contributed by atoms with Crippen LogP contribution in [0.5, 0.6) is 0 Å². The minimum Gasteiger partial charge on any atom is -0.455 e. The number of nitrogens with zero attached hydrogens (tertiary/aromatic N) is 3. The molecule has 0 aliphatic rings. The number of nitrogens with one attached hydrogen (secondary N) is 1. The average molecular weight is 388 g/mol. The van der Waals surface area contributed by atoms with Crippen LogP contribution in [-0.4, -0.2) is 21.4 Å². The Hall–Kier alpha value is -3.74. The molecule has 0 aliphatic heterocycles. The van der Waals surface area contributed by atoms with Crippen LogP contribution in [0.2, 0.25) is 0 Å². The molecule has 4 rings (SSSR count). The molecule has 0 spiro atoms. The first-order valence-corrected chi connectivity index (χ1v) is 9.42. The summed E-state index contributed by atoms with van der Waals surface area (Å²) >= 11 is 0. The van der Waals surface area contributed by atoms with Gasteiger partial charge in [0.05, 0.1) is 5.39 Å². The number of hydrogen-bond donors (Lipinski definition) is 1. The number of furan rings is 1. The molecule has 0 atom stereocenters. The number of benzene rings is 2. The minimum atomic E-state index is -0.485. The maximum Gasteiger partial charge on any atom is 0.292 e. The summed E-state index contributed by atoms with van der Waals surface area (Å²) in [5, 5.41) is 10.4. The minimum absolute atomic E-state index is 0.162. The largest absolute Gasteiger partial charge is 0.455 e. The summed E-state index contributed by atoms with van der Waals surface area (Å²) in [5.41, 5.74) is 3.77. The van der Waals surface area contributed by atoms with Crippen molar-refractivity contribution in [1.82, 2.24) is 15.2 Å². The molecule has 0 saturated heterocycles. The molecule has 29 heavy (non-hydrogen) atoms. The normalized spacial score (nSPS) is 11.9. The second-order valence-corrected chi connectivity index (χ2v) is 6.71. The summed E-state index contributed by atoms with van der Waals surface area (Å²) in [5.74, 6) is 0.0850. The van der Waals surface area contributed by atoms with Gasteiger partial charge in [-0.05, 0) is 31.5 Å². The van der Waals surface area contributed by atoms with Crippen molar-refractivity contribution in [3.8, 4) is 0 Å². The fourth-order valence-corrected chi connectivity index (χ4v) is 3.17. The molecule has 1 N–H and O–H groups in total. The third kappa shape index (κ3) is 3.54. The van der Waals surface area contributed by atoms with Gasteiger partial charge in [-0.15, -0.1) is 0 Å². The Morgan fingerprint density at radius 3 is 2.62 bits per heavy atom. The predicted molar refractivity (Wildman–Crippen MR) is 112 cm³/mol. The van der Waals surface area contributed by atoms with Gasteiger partial charge < -0.3 is 4.42 Å². The molecule has 2 aromatic heterocycles. The van der Waals surface area contributed by atoms with E-state index in [0.717, 1.165) is 17.4 Å². The average Bonchev–Trinajstić information content (AvgIpc) is 3.18. The molecular formula is C22H20N4O3. The lowest BCUT2D eigenvalue weighted by molar-refractivity contribution is 0.0949. The topological polar surface area (TPSA) is 89.5 Å². The van der Waals surface area contributed by atoms with Gasteiger partial charge in [-0.1, -0.05) is 43.3 Å². The van der Waals surface area contributed by atoms with E-state index in [-0.39, 0.29) is 11.3 Å². The van der Waals surface area contributed by atoms with Crippen LogP contribution in [0.3, 0.4) is 0 Å². The van der Waals surface area contributed by atoms with Crippen LogP contribution >= 0.6 is 0 Å². The Bertz CT molecular complexity index is 1270. The first-order chi connectivity index (χ1) is 14.1. The number of para-hydroxylation sites is 1. The van der Waals surface area contributed by atoms with Crippen LogP contribution in [0, 0.1) is 0 Å². The standard InChI is InChI=1S/C22H20N4O3/c1-3-12-26-22(28)17-10-6-5-9-16(17)20(25-26)21(27)24-23-14(2)19-13-15-8-4-7-11-18(15)29-19/h4-11,13H,3,12H2,1-2H3,(H,24,27)/b23-14+. The summed E-state index contributed by atoms with van der Waals surface area (Å²) in [6, 6.07) is 16.5. The number of rotatable bonds is 5. The zero-order chi connectivity index (χ0) is 20.4. The highest BCUT2D eigenvalue weighted by Crippen LogP contribution is 2.19. The maximum absolute atomic E-state index is 12.8. The Morgan fingerprint density at radius 1 is 1.14 bits per heavy atom. The van der Waals surface area contributed by atoms with Crippen molar-refractivity contribution in [3.63, 3.8) is 0 Å². The summed E-state index contributed by atoms with van der Waals surface area (Å²) < 4.78 is 7.09. The summed E-state index contributed by atoms with van der Waals surface area (Å²) in [4.78, 5) is 25.4. The Morgan fingerprint density at radius 2 is 1.86 bits per heavy atom. The predicted octanol–water partition coefficient (Wildman–Crippen LogP) is 3.71. The first kappa shape index (κ1) is 18.6. The van der Waals surface area contributed by atoms with E-state index in [2.05, 4.69) is 15.6 Å². The van der Waals surface area contributed by atoms with Gasteiger partial charge in [0.25, 0.3) is 11.5 Å². The van der Waals surface area contributed by atoms with Gasteiger partial charge in [0.2, 0.25) is 0 Å². The monoisotopic (exact) mass is 388 g/mol. The van der Waals surface area contributed by atoms with Crippen LogP contribution in [0.4, 0.5) is 0 Å². The number of fused-ring (bicyclic) bond motifs is 2. The Labute approximate surface area is 166 Å². The lowest BCUT2D eigenvalue weighted by Crippen LogP contribution is -2.29. The van der Waals surface area contributed by atoms with E-state index >= 15 is 0 Å². The van der Waals surface area contributed by atoms with Gasteiger partial charge >= 0.3 is 0 Å². The molecule has 0 radical (unpaired) electrons. The van der Waals surface area contributed by atoms with Gasteiger partial charge in [-0.2, -0.15) is 10.2 Å². The number of aryl methyl sites for hydroxylation is 1. The first-order valence-electron chi connectivity index (χ1n) is 9.42. The molecule has 0 fully saturated rings. The highest BCUT2D eigenvalue weighted by molar-refractivity contribution is 6.06. The summed E-state index contributed by atoms with van der Waals surface area (Å²) in [7, 11) is 0. The van der Waals surface area contributed by atoms with E-state index in [4.69, 9.17) is 4.42 Å². The Kier molecular flexibility index (Phi) is 4.95. The van der Waals surface area contributed by atoms with Gasteiger partial charge in [0.15, 0.2) is 11.5 Å². The zero-order valence-corrected chi connectivity index (χ0v) is 16.2. The number of hydrazone groups is 1. The molecule has 7 heteroatoms. The molecule has 2 aromatic carbocycles. The number of carbonyl (C=O) groups is 1. The van der Waals surface area contributed by atoms with Gasteiger partial charge in [-0.3, -0.25) is 9.59 Å². The van der Waals surface area contributed by atoms with Crippen molar-refractivity contribution in [3.05, 3.63) is 76.4 Å². The number of hydrogen-bond acceptors (Lipinski definition) is 5. The lowest BCUT2D eigenvalue weighted by Gasteiger charge is -2.09. The van der Waals surface area contributed by atoms with E-state index < -0.39 is 5.91 Å². The number of carbonyl (C=O) groups excluding carboxylic acids is 1. The van der Waals surface area contributed by atoms with E-state index in [0.29, 0.717) is 28.8 Å². The second-order valence-electron chi connectivity index (χ2n) is 6.71. The quantitative estimate of drug-likeness (QED) is 0.417. The van der Waals surface area contributed by atoms with Crippen LogP contribution in [0.1, 0.15) is 36.5 Å². The van der Waals surface area contributed by atoms with E-state index in [9.17, 15) is 9.59 Å². The molecule has 1 amide bonds. The molecular weight excluding hydrogens is 368 g/mol. The molecule has 0 saturated carbocycles. The van der Waals surface area contributed by atoms with Crippen molar-refractivity contribution < 1.29 is 9.21 Å². The number of aromatic nitrogens is 2. The molecule has 0 bridgehead atoms. The summed E-state index contributed by atoms with van der Waals surface area (Å²) in [6.07, 6.45) is 0.732. The van der Waals surface area contributed by atoms with Crippen LogP contribution in [0.15, 0.2) is 68.9 Å². The smallest absolute Gasteiger partial charge is 0.292 e. The molecule has 2 heterocycles. The van der Waals surface area contributed by atoms with Gasteiger partial charge in [0.1, 0.15) is 11.3 Å². The lowest BCUT2D eigenvalue weighted by atomic mass is 10.1. The van der Waals surface area contributed by atoms with Crippen molar-refractivity contribution in [2.45, 2.75) is 26.8 Å². The van der Waals surface area contributed by atoms with Crippen LogP contribution in [0.25, 0.3) is 21.7 Å². The molecule has 7 nitrogen and oxygen atoms in total. The maximum atomic E-state index is 12.8. The Balaban J connectivity index is 1.67. The van der Waals surface area contributed by atoms with Gasteiger partial charge in [-0.25, -0.2) is 10.1 Å². The highest BCUT2D eigenvalue weighted by atomic mass is 16.3. The molecule has 146 valence electrons. The molecule has 0 unspecified atom stereocenters. The van der Waals surface area contributed by atoms with E-state index in [1.165, 1.54) is 4.68 Å². The third-order valence-corrected chi connectivity index (χ3v) is 4.63. The van der Waals surface area contributed by atoms with E-state index in [1.807, 2.05) is 37.3 Å². The van der Waals surface area contributed by atoms with Crippen LogP contribution in [-0.2, 0) is 6.54 Å². The second kappa shape index (κ2) is 7.71. The van der Waals surface area contributed by atoms with Crippen molar-refractivity contribution in [2.75, 3.05) is 0 Å². The highest BCUT2D eigenvalue weighted by Gasteiger charge is 2.16. The fourth-order valence-electron chi connectivity index (χ4n) is 3.17. The van der Waals surface area contributed by atoms with Crippen molar-refractivity contribution in [1.29, 1.82) is 0 Å². The van der Waals surface area contributed by atoms with Crippen molar-refractivity contribution in [2.24, 2.45) is 5.10 Å². The SMILES string of the molecule is CCCn1nc(C(=O)N/N=C(\C)c2cc3ccccc3o2)c2ccccc2c1=O. The third-order valence-electron chi connectivity index (χ3n) is 4.63. The summed E-state index contributed by atoms with van der Waals surface area (Å²) in [6.45, 7) is 4.14. The zero-order valence-electron chi connectivity index (χ0n) is 16.2. The van der Waals surface area contributed by atoms with E-state index in [1.54, 1.807) is 31.2 Å².